The van der Waals surface area contributed by atoms with E-state index in [1.165, 1.54) is 37.1 Å². The van der Waals surface area contributed by atoms with Gasteiger partial charge >= 0.3 is 0 Å². The molecule has 30 heavy (non-hydrogen) atoms. The third kappa shape index (κ3) is 2.78. The number of rotatable bonds is 3. The average Bonchev–Trinajstić information content (AvgIpc) is 3.52. The fourth-order valence-corrected chi connectivity index (χ4v) is 4.95. The molecule has 2 aliphatic rings. The molecule has 150 valence electrons. The quantitative estimate of drug-likeness (QED) is 0.510. The minimum atomic E-state index is 0.933. The first-order valence-electron chi connectivity index (χ1n) is 10.9. The van der Waals surface area contributed by atoms with E-state index in [-0.39, 0.29) is 0 Å². The summed E-state index contributed by atoms with van der Waals surface area (Å²) in [5.41, 5.74) is 8.31. The van der Waals surface area contributed by atoms with Crippen LogP contribution in [0.25, 0.3) is 33.2 Å². The fourth-order valence-electron chi connectivity index (χ4n) is 4.95. The van der Waals surface area contributed by atoms with Crippen molar-refractivity contribution in [3.8, 4) is 11.1 Å². The minimum Gasteiger partial charge on any atom is -0.370 e. The van der Waals surface area contributed by atoms with Crippen LogP contribution in [-0.4, -0.2) is 46.1 Å². The van der Waals surface area contributed by atoms with Crippen molar-refractivity contribution in [2.45, 2.75) is 25.7 Å². The molecule has 4 heterocycles. The van der Waals surface area contributed by atoms with E-state index >= 15 is 0 Å². The van der Waals surface area contributed by atoms with Gasteiger partial charge in [0, 0.05) is 62.1 Å². The molecule has 2 aliphatic heterocycles. The average molecular weight is 396 g/mol. The van der Waals surface area contributed by atoms with Gasteiger partial charge in [-0.2, -0.15) is 0 Å². The van der Waals surface area contributed by atoms with Gasteiger partial charge in [-0.3, -0.25) is 19.9 Å². The molecule has 6 nitrogen and oxygen atoms in total. The summed E-state index contributed by atoms with van der Waals surface area (Å²) in [5.74, 6) is 0. The molecule has 2 fully saturated rings. The Balaban J connectivity index is 1.56. The lowest BCUT2D eigenvalue weighted by atomic mass is 10.00. The predicted octanol–water partition coefficient (Wildman–Crippen LogP) is 4.44. The molecule has 2 saturated heterocycles. The van der Waals surface area contributed by atoms with Crippen LogP contribution in [0.15, 0.2) is 49.1 Å². The van der Waals surface area contributed by atoms with Gasteiger partial charge in [-0.05, 0) is 49.9 Å². The second-order valence-electron chi connectivity index (χ2n) is 8.16. The van der Waals surface area contributed by atoms with Crippen molar-refractivity contribution < 1.29 is 0 Å². The van der Waals surface area contributed by atoms with E-state index in [0.717, 1.165) is 59.4 Å². The van der Waals surface area contributed by atoms with Crippen LogP contribution in [0.5, 0.6) is 0 Å². The van der Waals surface area contributed by atoms with Crippen molar-refractivity contribution in [1.82, 2.24) is 19.9 Å². The SMILES string of the molecule is c1cnc2c(N3CCCC3)ccc(-c3ccc(N4CCCC4)c4nccnc34)c2n1. The van der Waals surface area contributed by atoms with Gasteiger partial charge in [0.15, 0.2) is 0 Å². The van der Waals surface area contributed by atoms with E-state index in [9.17, 15) is 0 Å². The summed E-state index contributed by atoms with van der Waals surface area (Å²) in [6.07, 6.45) is 12.1. The molecule has 0 bridgehead atoms. The van der Waals surface area contributed by atoms with Crippen molar-refractivity contribution in [3.05, 3.63) is 49.1 Å². The van der Waals surface area contributed by atoms with E-state index < -0.39 is 0 Å². The van der Waals surface area contributed by atoms with Gasteiger partial charge in [0.1, 0.15) is 11.0 Å². The summed E-state index contributed by atoms with van der Waals surface area (Å²) in [4.78, 5) is 23.8. The Kier molecular flexibility index (Phi) is 4.22. The molecule has 0 radical (unpaired) electrons. The number of fused-ring (bicyclic) bond motifs is 2. The van der Waals surface area contributed by atoms with Crippen LogP contribution in [-0.2, 0) is 0 Å². The van der Waals surface area contributed by atoms with Gasteiger partial charge in [-0.1, -0.05) is 0 Å². The summed E-state index contributed by atoms with van der Waals surface area (Å²) in [7, 11) is 0. The summed E-state index contributed by atoms with van der Waals surface area (Å²) >= 11 is 0. The molecule has 2 aromatic heterocycles. The second kappa shape index (κ2) is 7.20. The Morgan fingerprint density at radius 1 is 0.467 bits per heavy atom. The number of benzene rings is 2. The van der Waals surface area contributed by atoms with Gasteiger partial charge in [-0.25, -0.2) is 0 Å². The highest BCUT2D eigenvalue weighted by Gasteiger charge is 2.21. The largest absolute Gasteiger partial charge is 0.370 e. The number of hydrogen-bond donors (Lipinski definition) is 0. The van der Waals surface area contributed by atoms with E-state index in [0.29, 0.717) is 0 Å². The van der Waals surface area contributed by atoms with Gasteiger partial charge in [0.25, 0.3) is 0 Å². The summed E-state index contributed by atoms with van der Waals surface area (Å²) in [6, 6.07) is 8.77. The topological polar surface area (TPSA) is 58.0 Å². The zero-order valence-corrected chi connectivity index (χ0v) is 17.0. The maximum absolute atomic E-state index is 4.75. The van der Waals surface area contributed by atoms with E-state index in [1.54, 1.807) is 24.8 Å². The number of anilines is 2. The van der Waals surface area contributed by atoms with Crippen molar-refractivity contribution in [3.63, 3.8) is 0 Å². The molecule has 0 spiro atoms. The Morgan fingerprint density at radius 2 is 0.833 bits per heavy atom. The first kappa shape index (κ1) is 17.6. The highest BCUT2D eigenvalue weighted by Crippen LogP contribution is 2.38. The molecular formula is C24H24N6. The van der Waals surface area contributed by atoms with Crippen molar-refractivity contribution >= 4 is 33.4 Å². The van der Waals surface area contributed by atoms with Crippen LogP contribution in [0.3, 0.4) is 0 Å². The van der Waals surface area contributed by atoms with Crippen LogP contribution in [0, 0.1) is 0 Å². The molecule has 6 rings (SSSR count). The number of aromatic nitrogens is 4. The lowest BCUT2D eigenvalue weighted by Crippen LogP contribution is -2.18. The Labute approximate surface area is 175 Å². The lowest BCUT2D eigenvalue weighted by molar-refractivity contribution is 0.949. The van der Waals surface area contributed by atoms with Crippen LogP contribution < -0.4 is 9.80 Å². The standard InChI is InChI=1S/C24H24N6/c1-2-14-29(13-1)19-7-5-17(21-23(19)27-11-9-25-21)18-6-8-20(30-15-3-4-16-30)24-22(18)26-10-12-28-24/h5-12H,1-4,13-16H2. The highest BCUT2D eigenvalue weighted by molar-refractivity contribution is 6.06. The third-order valence-corrected chi connectivity index (χ3v) is 6.39. The zero-order valence-electron chi connectivity index (χ0n) is 17.0. The molecule has 6 heteroatoms. The first-order chi connectivity index (χ1) is 14.9. The fraction of sp³-hybridized carbons (Fsp3) is 0.333. The smallest absolute Gasteiger partial charge is 0.113 e. The van der Waals surface area contributed by atoms with E-state index in [2.05, 4.69) is 34.1 Å². The summed E-state index contributed by atoms with van der Waals surface area (Å²) in [6.45, 7) is 4.35. The van der Waals surface area contributed by atoms with Crippen molar-refractivity contribution in [2.75, 3.05) is 36.0 Å². The van der Waals surface area contributed by atoms with Crippen molar-refractivity contribution in [1.29, 1.82) is 0 Å². The number of nitrogens with zero attached hydrogens (tertiary/aromatic N) is 6. The van der Waals surface area contributed by atoms with E-state index in [4.69, 9.17) is 19.9 Å². The maximum Gasteiger partial charge on any atom is 0.113 e. The molecule has 4 aromatic rings. The minimum absolute atomic E-state index is 0.933. The van der Waals surface area contributed by atoms with Crippen LogP contribution in [0.4, 0.5) is 11.4 Å². The van der Waals surface area contributed by atoms with Crippen LogP contribution >= 0.6 is 0 Å². The normalized spacial score (nSPS) is 16.8. The molecule has 0 N–H and O–H groups in total. The molecule has 2 aromatic carbocycles. The van der Waals surface area contributed by atoms with Gasteiger partial charge in [0.2, 0.25) is 0 Å². The van der Waals surface area contributed by atoms with E-state index in [1.807, 2.05) is 0 Å². The first-order valence-corrected chi connectivity index (χ1v) is 10.9. The predicted molar refractivity (Wildman–Crippen MR) is 121 cm³/mol. The van der Waals surface area contributed by atoms with Crippen LogP contribution in [0.2, 0.25) is 0 Å². The Morgan fingerprint density at radius 3 is 1.23 bits per heavy atom. The van der Waals surface area contributed by atoms with Gasteiger partial charge < -0.3 is 9.80 Å². The third-order valence-electron chi connectivity index (χ3n) is 6.39. The molecular weight excluding hydrogens is 372 g/mol. The number of hydrogen-bond acceptors (Lipinski definition) is 6. The van der Waals surface area contributed by atoms with Gasteiger partial charge in [-0.15, -0.1) is 0 Å². The zero-order chi connectivity index (χ0) is 19.9. The Hall–Kier alpha value is -3.28. The molecule has 0 saturated carbocycles. The highest BCUT2D eigenvalue weighted by atomic mass is 15.2. The van der Waals surface area contributed by atoms with Gasteiger partial charge in [0.05, 0.1) is 22.4 Å². The second-order valence-corrected chi connectivity index (χ2v) is 8.16. The van der Waals surface area contributed by atoms with Crippen molar-refractivity contribution in [2.24, 2.45) is 0 Å². The summed E-state index contributed by atoms with van der Waals surface area (Å²) < 4.78 is 0. The maximum atomic E-state index is 4.75. The van der Waals surface area contributed by atoms with Crippen LogP contribution in [0.1, 0.15) is 25.7 Å². The summed E-state index contributed by atoms with van der Waals surface area (Å²) in [5, 5.41) is 0. The lowest BCUT2D eigenvalue weighted by Gasteiger charge is -2.21. The molecule has 0 unspecified atom stereocenters. The molecule has 0 atom stereocenters. The molecule has 0 amide bonds. The monoisotopic (exact) mass is 396 g/mol. The molecule has 0 aliphatic carbocycles. The Bertz CT molecular complexity index is 1130.